The number of anilines is 1. The molecule has 0 amide bonds. The van der Waals surface area contributed by atoms with Crippen molar-refractivity contribution < 1.29 is 13.9 Å². The fourth-order valence-electron chi connectivity index (χ4n) is 2.99. The third kappa shape index (κ3) is 5.01. The summed E-state index contributed by atoms with van der Waals surface area (Å²) in [6.07, 6.45) is 0. The van der Waals surface area contributed by atoms with Gasteiger partial charge < -0.3 is 14.4 Å². The van der Waals surface area contributed by atoms with E-state index in [1.165, 1.54) is 23.9 Å². The number of morpholine rings is 1. The Morgan fingerprint density at radius 2 is 1.90 bits per heavy atom. The SMILES string of the molecule is Fc1cccc(-n2c(SCCOc3ccc(Cl)cc3)nnc2N2CCOCC2)c1. The van der Waals surface area contributed by atoms with Crippen LogP contribution in [0.25, 0.3) is 5.69 Å². The summed E-state index contributed by atoms with van der Waals surface area (Å²) in [5, 5.41) is 10.1. The van der Waals surface area contributed by atoms with Gasteiger partial charge in [0.2, 0.25) is 5.95 Å². The van der Waals surface area contributed by atoms with Gasteiger partial charge in [0.15, 0.2) is 5.16 Å². The molecular weight excluding hydrogens is 415 g/mol. The second-order valence-corrected chi connectivity index (χ2v) is 7.85. The zero-order chi connectivity index (χ0) is 20.1. The summed E-state index contributed by atoms with van der Waals surface area (Å²) >= 11 is 7.40. The van der Waals surface area contributed by atoms with Gasteiger partial charge in [-0.3, -0.25) is 4.57 Å². The van der Waals surface area contributed by atoms with Crippen LogP contribution in [0.3, 0.4) is 0 Å². The highest BCUT2D eigenvalue weighted by Crippen LogP contribution is 2.27. The van der Waals surface area contributed by atoms with Crippen LogP contribution >= 0.6 is 23.4 Å². The van der Waals surface area contributed by atoms with Gasteiger partial charge >= 0.3 is 0 Å². The summed E-state index contributed by atoms with van der Waals surface area (Å²) in [7, 11) is 0. The van der Waals surface area contributed by atoms with Crippen molar-refractivity contribution in [2.24, 2.45) is 0 Å². The number of thioether (sulfide) groups is 1. The maximum absolute atomic E-state index is 13.9. The van der Waals surface area contributed by atoms with Gasteiger partial charge in [0.25, 0.3) is 0 Å². The Morgan fingerprint density at radius 3 is 2.66 bits per heavy atom. The van der Waals surface area contributed by atoms with Crippen LogP contribution in [0.4, 0.5) is 10.3 Å². The van der Waals surface area contributed by atoms with Crippen LogP contribution in [-0.4, -0.2) is 53.4 Å². The summed E-state index contributed by atoms with van der Waals surface area (Å²) < 4.78 is 26.9. The molecule has 1 aromatic heterocycles. The van der Waals surface area contributed by atoms with E-state index >= 15 is 0 Å². The maximum Gasteiger partial charge on any atom is 0.232 e. The molecule has 0 radical (unpaired) electrons. The Labute approximate surface area is 177 Å². The van der Waals surface area contributed by atoms with Gasteiger partial charge in [-0.25, -0.2) is 4.39 Å². The molecule has 6 nitrogen and oxygen atoms in total. The molecule has 1 saturated heterocycles. The number of halogens is 2. The molecule has 0 saturated carbocycles. The lowest BCUT2D eigenvalue weighted by molar-refractivity contribution is 0.122. The monoisotopic (exact) mass is 434 g/mol. The van der Waals surface area contributed by atoms with Gasteiger partial charge in [-0.1, -0.05) is 29.4 Å². The van der Waals surface area contributed by atoms with Crippen molar-refractivity contribution in [3.05, 3.63) is 59.4 Å². The van der Waals surface area contributed by atoms with E-state index in [0.717, 1.165) is 18.8 Å². The lowest BCUT2D eigenvalue weighted by Crippen LogP contribution is -2.37. The summed E-state index contributed by atoms with van der Waals surface area (Å²) in [5.74, 6) is 1.82. The van der Waals surface area contributed by atoms with Gasteiger partial charge in [0, 0.05) is 23.9 Å². The summed E-state index contributed by atoms with van der Waals surface area (Å²) in [5.41, 5.74) is 0.692. The normalized spacial score (nSPS) is 14.2. The number of hydrogen-bond donors (Lipinski definition) is 0. The van der Waals surface area contributed by atoms with Crippen LogP contribution in [0, 0.1) is 5.82 Å². The van der Waals surface area contributed by atoms with E-state index < -0.39 is 0 Å². The van der Waals surface area contributed by atoms with Crippen LogP contribution in [0.5, 0.6) is 5.75 Å². The average Bonchev–Trinajstić information content (AvgIpc) is 3.17. The largest absolute Gasteiger partial charge is 0.493 e. The second kappa shape index (κ2) is 9.47. The predicted molar refractivity (Wildman–Crippen MR) is 112 cm³/mol. The topological polar surface area (TPSA) is 52.4 Å². The van der Waals surface area contributed by atoms with E-state index in [9.17, 15) is 4.39 Å². The molecule has 0 unspecified atom stereocenters. The Balaban J connectivity index is 1.49. The molecule has 3 aromatic rings. The Kier molecular flexibility index (Phi) is 6.53. The lowest BCUT2D eigenvalue weighted by atomic mass is 10.3. The van der Waals surface area contributed by atoms with E-state index in [0.29, 0.717) is 47.4 Å². The van der Waals surface area contributed by atoms with Crippen LogP contribution in [0.2, 0.25) is 5.02 Å². The Morgan fingerprint density at radius 1 is 1.10 bits per heavy atom. The summed E-state index contributed by atoms with van der Waals surface area (Å²) in [6.45, 7) is 3.20. The van der Waals surface area contributed by atoms with E-state index in [2.05, 4.69) is 15.1 Å². The molecule has 2 aromatic carbocycles. The zero-order valence-electron chi connectivity index (χ0n) is 15.6. The molecular formula is C20H20ClFN4O2S. The molecule has 152 valence electrons. The highest BCUT2D eigenvalue weighted by Gasteiger charge is 2.22. The van der Waals surface area contributed by atoms with Gasteiger partial charge in [-0.2, -0.15) is 0 Å². The number of rotatable bonds is 7. The zero-order valence-corrected chi connectivity index (χ0v) is 17.2. The van der Waals surface area contributed by atoms with E-state index in [1.807, 2.05) is 22.8 Å². The third-order valence-corrected chi connectivity index (χ3v) is 5.52. The maximum atomic E-state index is 13.9. The van der Waals surface area contributed by atoms with Gasteiger partial charge in [0.1, 0.15) is 11.6 Å². The fourth-order valence-corrected chi connectivity index (χ4v) is 3.88. The van der Waals surface area contributed by atoms with Crippen molar-refractivity contribution in [2.45, 2.75) is 5.16 Å². The van der Waals surface area contributed by atoms with E-state index in [4.69, 9.17) is 21.1 Å². The molecule has 0 bridgehead atoms. The molecule has 2 heterocycles. The average molecular weight is 435 g/mol. The van der Waals surface area contributed by atoms with Crippen molar-refractivity contribution in [1.29, 1.82) is 0 Å². The third-order valence-electron chi connectivity index (χ3n) is 4.37. The first-order valence-corrected chi connectivity index (χ1v) is 10.6. The predicted octanol–water partition coefficient (Wildman–Crippen LogP) is 4.07. The molecule has 0 atom stereocenters. The highest BCUT2D eigenvalue weighted by molar-refractivity contribution is 7.99. The van der Waals surface area contributed by atoms with E-state index in [-0.39, 0.29) is 5.82 Å². The number of hydrogen-bond acceptors (Lipinski definition) is 6. The summed E-state index contributed by atoms with van der Waals surface area (Å²) in [6, 6.07) is 13.7. The van der Waals surface area contributed by atoms with Gasteiger partial charge in [-0.15, -0.1) is 10.2 Å². The minimum absolute atomic E-state index is 0.300. The number of ether oxygens (including phenoxy) is 2. The fraction of sp³-hybridized carbons (Fsp3) is 0.300. The van der Waals surface area contributed by atoms with Crippen molar-refractivity contribution in [1.82, 2.24) is 14.8 Å². The molecule has 0 spiro atoms. The Bertz CT molecular complexity index is 948. The first-order valence-electron chi connectivity index (χ1n) is 9.26. The molecule has 29 heavy (non-hydrogen) atoms. The number of nitrogens with zero attached hydrogens (tertiary/aromatic N) is 4. The van der Waals surface area contributed by atoms with Crippen LogP contribution in [0.1, 0.15) is 0 Å². The first-order chi connectivity index (χ1) is 14.2. The number of aromatic nitrogens is 3. The molecule has 4 rings (SSSR count). The molecule has 1 aliphatic heterocycles. The molecule has 0 N–H and O–H groups in total. The van der Waals surface area contributed by atoms with Gasteiger partial charge in [-0.05, 0) is 42.5 Å². The van der Waals surface area contributed by atoms with Crippen LogP contribution in [0.15, 0.2) is 53.7 Å². The lowest BCUT2D eigenvalue weighted by Gasteiger charge is -2.27. The first kappa shape index (κ1) is 20.0. The minimum Gasteiger partial charge on any atom is -0.493 e. The molecule has 0 aliphatic carbocycles. The van der Waals surface area contributed by atoms with Gasteiger partial charge in [0.05, 0.1) is 25.5 Å². The highest BCUT2D eigenvalue weighted by atomic mass is 35.5. The van der Waals surface area contributed by atoms with Crippen LogP contribution in [-0.2, 0) is 4.74 Å². The molecule has 1 aliphatic rings. The quantitative estimate of drug-likeness (QED) is 0.413. The standard InChI is InChI=1S/C20H20ClFN4O2S/c21-15-4-6-18(7-5-15)28-12-13-29-20-24-23-19(25-8-10-27-11-9-25)26(20)17-3-1-2-16(22)14-17/h1-7,14H,8-13H2. The smallest absolute Gasteiger partial charge is 0.232 e. The number of benzene rings is 2. The van der Waals surface area contributed by atoms with Crippen molar-refractivity contribution >= 4 is 29.3 Å². The second-order valence-electron chi connectivity index (χ2n) is 6.35. The van der Waals surface area contributed by atoms with Crippen molar-refractivity contribution in [3.8, 4) is 11.4 Å². The molecule has 1 fully saturated rings. The summed E-state index contributed by atoms with van der Waals surface area (Å²) in [4.78, 5) is 2.11. The van der Waals surface area contributed by atoms with Crippen LogP contribution < -0.4 is 9.64 Å². The van der Waals surface area contributed by atoms with Crippen molar-refractivity contribution in [2.75, 3.05) is 43.6 Å². The molecule has 9 heteroatoms. The Hall–Kier alpha value is -2.29. The van der Waals surface area contributed by atoms with E-state index in [1.54, 1.807) is 18.2 Å². The van der Waals surface area contributed by atoms with Crippen molar-refractivity contribution in [3.63, 3.8) is 0 Å². The minimum atomic E-state index is -0.300.